The van der Waals surface area contributed by atoms with Crippen LogP contribution in [0.25, 0.3) is 0 Å². The molecule has 0 saturated heterocycles. The molecule has 0 aliphatic rings. The van der Waals surface area contributed by atoms with Crippen molar-refractivity contribution in [2.24, 2.45) is 5.92 Å². The Balaban J connectivity index is 2.82. The van der Waals surface area contributed by atoms with Crippen molar-refractivity contribution in [2.45, 2.75) is 20.0 Å². The molecule has 0 spiro atoms. The number of methoxy groups -OCH3 is 1. The lowest BCUT2D eigenvalue weighted by Gasteiger charge is -2.16. The van der Waals surface area contributed by atoms with Crippen LogP contribution in [0.3, 0.4) is 0 Å². The van der Waals surface area contributed by atoms with E-state index in [1.165, 1.54) is 6.92 Å². The number of hydrogen-bond donors (Lipinski definition) is 1. The molecule has 0 heterocycles. The summed E-state index contributed by atoms with van der Waals surface area (Å²) in [4.78, 5) is 11.1. The highest BCUT2D eigenvalue weighted by Crippen LogP contribution is 2.24. The lowest BCUT2D eigenvalue weighted by Crippen LogP contribution is -2.16. The molecule has 0 fully saturated rings. The third-order valence-electron chi connectivity index (χ3n) is 2.57. The van der Waals surface area contributed by atoms with E-state index in [1.54, 1.807) is 38.3 Å². The van der Waals surface area contributed by atoms with Crippen LogP contribution >= 0.6 is 0 Å². The van der Waals surface area contributed by atoms with Crippen LogP contribution in [0.5, 0.6) is 5.75 Å². The first-order chi connectivity index (χ1) is 7.06. The summed E-state index contributed by atoms with van der Waals surface area (Å²) in [6.07, 6.45) is -0.742. The molecule has 0 unspecified atom stereocenters. The Morgan fingerprint density at radius 3 is 2.27 bits per heavy atom. The second kappa shape index (κ2) is 4.94. The third kappa shape index (κ3) is 2.80. The Morgan fingerprint density at radius 2 is 1.87 bits per heavy atom. The van der Waals surface area contributed by atoms with Gasteiger partial charge in [-0.3, -0.25) is 4.79 Å². The third-order valence-corrected chi connectivity index (χ3v) is 2.57. The highest BCUT2D eigenvalue weighted by molar-refractivity contribution is 5.78. The van der Waals surface area contributed by atoms with E-state index in [-0.39, 0.29) is 11.7 Å². The van der Waals surface area contributed by atoms with Gasteiger partial charge >= 0.3 is 0 Å². The number of carbonyl (C=O) groups excluding carboxylic acids is 1. The van der Waals surface area contributed by atoms with Gasteiger partial charge in [0.1, 0.15) is 11.5 Å². The van der Waals surface area contributed by atoms with Gasteiger partial charge in [0, 0.05) is 5.92 Å². The van der Waals surface area contributed by atoms with E-state index in [9.17, 15) is 9.90 Å². The quantitative estimate of drug-likeness (QED) is 0.822. The maximum Gasteiger partial charge on any atom is 0.135 e. The van der Waals surface area contributed by atoms with E-state index < -0.39 is 6.10 Å². The van der Waals surface area contributed by atoms with Crippen molar-refractivity contribution in [1.82, 2.24) is 0 Å². The van der Waals surface area contributed by atoms with Crippen molar-refractivity contribution in [3.8, 4) is 5.75 Å². The van der Waals surface area contributed by atoms with Crippen LogP contribution in [-0.2, 0) is 4.79 Å². The topological polar surface area (TPSA) is 46.5 Å². The van der Waals surface area contributed by atoms with Gasteiger partial charge in [0.25, 0.3) is 0 Å². The van der Waals surface area contributed by atoms with Crippen molar-refractivity contribution in [2.75, 3.05) is 7.11 Å². The number of aliphatic hydroxyl groups is 1. The van der Waals surface area contributed by atoms with Crippen molar-refractivity contribution in [3.05, 3.63) is 29.8 Å². The van der Waals surface area contributed by atoms with E-state index in [0.29, 0.717) is 0 Å². The Bertz CT molecular complexity index is 329. The molecule has 1 N–H and O–H groups in total. The number of Topliss-reactive ketones (excluding diaryl/α,β-unsaturated/α-hetero) is 1. The molecule has 0 saturated carbocycles. The van der Waals surface area contributed by atoms with Crippen LogP contribution in [-0.4, -0.2) is 18.0 Å². The number of aliphatic hydroxyl groups excluding tert-OH is 1. The fraction of sp³-hybridized carbons (Fsp3) is 0.417. The lowest BCUT2D eigenvalue weighted by atomic mass is 9.94. The minimum absolute atomic E-state index is 0.0154. The van der Waals surface area contributed by atoms with Gasteiger partial charge in [-0.15, -0.1) is 0 Å². The molecule has 0 radical (unpaired) electrons. The van der Waals surface area contributed by atoms with Gasteiger partial charge in [0.15, 0.2) is 0 Å². The Hall–Kier alpha value is -1.35. The lowest BCUT2D eigenvalue weighted by molar-refractivity contribution is -0.123. The summed E-state index contributed by atoms with van der Waals surface area (Å²) >= 11 is 0. The summed E-state index contributed by atoms with van der Waals surface area (Å²) in [7, 11) is 1.59. The molecule has 0 aromatic heterocycles. The average Bonchev–Trinajstić information content (AvgIpc) is 2.27. The van der Waals surface area contributed by atoms with Crippen LogP contribution in [0, 0.1) is 5.92 Å². The monoisotopic (exact) mass is 208 g/mol. The molecule has 15 heavy (non-hydrogen) atoms. The normalized spacial score (nSPS) is 14.4. The molecule has 1 aromatic rings. The van der Waals surface area contributed by atoms with E-state index in [1.807, 2.05) is 0 Å². The zero-order valence-electron chi connectivity index (χ0n) is 9.23. The number of carbonyl (C=O) groups is 1. The van der Waals surface area contributed by atoms with E-state index >= 15 is 0 Å². The minimum Gasteiger partial charge on any atom is -0.497 e. The van der Waals surface area contributed by atoms with Crippen LogP contribution in [0.15, 0.2) is 24.3 Å². The first-order valence-electron chi connectivity index (χ1n) is 4.88. The SMILES string of the molecule is COc1ccc([C@H](O)[C@H](C)C(C)=O)cc1. The summed E-state index contributed by atoms with van der Waals surface area (Å²) in [6, 6.07) is 7.07. The van der Waals surface area contributed by atoms with Crippen molar-refractivity contribution < 1.29 is 14.6 Å². The molecule has 1 rings (SSSR count). The van der Waals surface area contributed by atoms with E-state index in [0.717, 1.165) is 11.3 Å². The number of benzene rings is 1. The second-order valence-corrected chi connectivity index (χ2v) is 3.62. The largest absolute Gasteiger partial charge is 0.497 e. The fourth-order valence-electron chi connectivity index (χ4n) is 1.31. The fourth-order valence-corrected chi connectivity index (χ4v) is 1.31. The van der Waals surface area contributed by atoms with Crippen molar-refractivity contribution in [3.63, 3.8) is 0 Å². The molecule has 0 aliphatic carbocycles. The van der Waals surface area contributed by atoms with Crippen molar-refractivity contribution in [1.29, 1.82) is 0 Å². The summed E-state index contributed by atoms with van der Waals surface area (Å²) in [5.41, 5.74) is 0.735. The Kier molecular flexibility index (Phi) is 3.86. The summed E-state index contributed by atoms with van der Waals surface area (Å²) in [5.74, 6) is 0.346. The van der Waals surface area contributed by atoms with Gasteiger partial charge < -0.3 is 9.84 Å². The van der Waals surface area contributed by atoms with Gasteiger partial charge in [0.05, 0.1) is 13.2 Å². The molecule has 3 heteroatoms. The summed E-state index contributed by atoms with van der Waals surface area (Å²) in [6.45, 7) is 3.20. The molecular formula is C12H16O3. The minimum atomic E-state index is -0.742. The van der Waals surface area contributed by atoms with E-state index in [4.69, 9.17) is 4.74 Å². The van der Waals surface area contributed by atoms with Gasteiger partial charge in [0.2, 0.25) is 0 Å². The van der Waals surface area contributed by atoms with Crippen LogP contribution < -0.4 is 4.74 Å². The predicted octanol–water partition coefficient (Wildman–Crippen LogP) is 1.95. The van der Waals surface area contributed by atoms with Gasteiger partial charge in [-0.05, 0) is 24.6 Å². The number of rotatable bonds is 4. The van der Waals surface area contributed by atoms with Gasteiger partial charge in [-0.1, -0.05) is 19.1 Å². The van der Waals surface area contributed by atoms with Crippen LogP contribution in [0.4, 0.5) is 0 Å². The molecule has 0 aliphatic heterocycles. The summed E-state index contributed by atoms with van der Waals surface area (Å²) in [5, 5.41) is 9.86. The molecule has 2 atom stereocenters. The van der Waals surface area contributed by atoms with Crippen LogP contribution in [0.2, 0.25) is 0 Å². The second-order valence-electron chi connectivity index (χ2n) is 3.62. The van der Waals surface area contributed by atoms with Crippen LogP contribution in [0.1, 0.15) is 25.5 Å². The van der Waals surface area contributed by atoms with E-state index in [2.05, 4.69) is 0 Å². The first kappa shape index (κ1) is 11.7. The first-order valence-corrected chi connectivity index (χ1v) is 4.88. The molecule has 3 nitrogen and oxygen atoms in total. The van der Waals surface area contributed by atoms with Gasteiger partial charge in [-0.2, -0.15) is 0 Å². The molecule has 0 bridgehead atoms. The molecule has 0 amide bonds. The zero-order valence-corrected chi connectivity index (χ0v) is 9.23. The standard InChI is InChI=1S/C12H16O3/c1-8(9(2)13)12(14)10-4-6-11(15-3)7-5-10/h4-8,12,14H,1-3H3/t8-,12-/m1/s1. The Labute approximate surface area is 89.7 Å². The van der Waals surface area contributed by atoms with Crippen molar-refractivity contribution >= 4 is 5.78 Å². The number of ether oxygens (including phenoxy) is 1. The predicted molar refractivity (Wildman–Crippen MR) is 57.8 cm³/mol. The number of ketones is 1. The maximum atomic E-state index is 11.1. The maximum absolute atomic E-state index is 11.1. The average molecular weight is 208 g/mol. The van der Waals surface area contributed by atoms with Gasteiger partial charge in [-0.25, -0.2) is 0 Å². The zero-order chi connectivity index (χ0) is 11.4. The molecule has 1 aromatic carbocycles. The smallest absolute Gasteiger partial charge is 0.135 e. The Morgan fingerprint density at radius 1 is 1.33 bits per heavy atom. The highest BCUT2D eigenvalue weighted by Gasteiger charge is 2.19. The number of hydrogen-bond acceptors (Lipinski definition) is 3. The summed E-state index contributed by atoms with van der Waals surface area (Å²) < 4.78 is 5.01. The molecule has 82 valence electrons. The molecular weight excluding hydrogens is 192 g/mol. The highest BCUT2D eigenvalue weighted by atomic mass is 16.5.